The van der Waals surface area contributed by atoms with Crippen molar-refractivity contribution in [2.75, 3.05) is 19.5 Å². The van der Waals surface area contributed by atoms with Crippen molar-refractivity contribution in [1.82, 2.24) is 14.6 Å². The minimum atomic E-state index is -0.764. The van der Waals surface area contributed by atoms with E-state index in [0.29, 0.717) is 28.7 Å². The fourth-order valence-electron chi connectivity index (χ4n) is 3.04. The molecule has 7 nitrogen and oxygen atoms in total. The van der Waals surface area contributed by atoms with Crippen LogP contribution in [0.4, 0.5) is 20.3 Å². The summed E-state index contributed by atoms with van der Waals surface area (Å²) >= 11 is 0. The number of imidazole rings is 1. The van der Waals surface area contributed by atoms with E-state index in [9.17, 15) is 14.0 Å². The summed E-state index contributed by atoms with van der Waals surface area (Å²) < 4.78 is 39.9. The highest BCUT2D eigenvalue weighted by molar-refractivity contribution is 5.81. The van der Waals surface area contributed by atoms with Crippen molar-refractivity contribution in [2.45, 2.75) is 0 Å². The number of ether oxygens (including phenoxy) is 2. The average Bonchev–Trinajstić information content (AvgIpc) is 3.27. The van der Waals surface area contributed by atoms with Gasteiger partial charge in [-0.05, 0) is 24.3 Å². The molecule has 2 heterocycles. The maximum atomic E-state index is 14.5. The summed E-state index contributed by atoms with van der Waals surface area (Å²) in [4.78, 5) is 4.41. The van der Waals surface area contributed by atoms with Gasteiger partial charge < -0.3 is 14.8 Å². The number of fused-ring (bicyclic) bond motifs is 1. The Morgan fingerprint density at radius 1 is 1.10 bits per heavy atom. The maximum absolute atomic E-state index is 14.5. The van der Waals surface area contributed by atoms with Crippen LogP contribution in [0.3, 0.4) is 0 Å². The Morgan fingerprint density at radius 2 is 1.90 bits per heavy atom. The molecule has 2 aromatic carbocycles. The molecule has 4 aromatic rings. The van der Waals surface area contributed by atoms with Crippen LogP contribution in [0.15, 0.2) is 42.6 Å². The summed E-state index contributed by atoms with van der Waals surface area (Å²) in [7, 11) is 3.05. The van der Waals surface area contributed by atoms with Crippen LogP contribution in [0.25, 0.3) is 16.9 Å². The lowest BCUT2D eigenvalue weighted by atomic mass is 10.1. The summed E-state index contributed by atoms with van der Waals surface area (Å²) in [6.45, 7) is 0. The number of rotatable bonds is 5. The van der Waals surface area contributed by atoms with Crippen LogP contribution in [-0.2, 0) is 0 Å². The molecular weight excluding hydrogens is 380 g/mol. The zero-order chi connectivity index (χ0) is 20.5. The molecule has 0 aliphatic heterocycles. The molecule has 4 rings (SSSR count). The first-order valence-electron chi connectivity index (χ1n) is 8.50. The molecule has 0 atom stereocenters. The second-order valence-corrected chi connectivity index (χ2v) is 6.09. The Hall–Kier alpha value is -4.06. The second kappa shape index (κ2) is 7.16. The third-order valence-electron chi connectivity index (χ3n) is 4.41. The number of hydrogen-bond donors (Lipinski definition) is 2. The molecule has 29 heavy (non-hydrogen) atoms. The Labute approximate surface area is 164 Å². The molecule has 0 bridgehead atoms. The highest BCUT2D eigenvalue weighted by Gasteiger charge is 2.21. The van der Waals surface area contributed by atoms with Gasteiger partial charge in [0.05, 0.1) is 14.2 Å². The molecule has 146 valence electrons. The third-order valence-corrected chi connectivity index (χ3v) is 4.41. The summed E-state index contributed by atoms with van der Waals surface area (Å²) in [5, 5.41) is 15.4. The molecule has 0 saturated carbocycles. The van der Waals surface area contributed by atoms with E-state index in [2.05, 4.69) is 15.4 Å². The highest BCUT2D eigenvalue weighted by atomic mass is 19.1. The third kappa shape index (κ3) is 3.10. The van der Waals surface area contributed by atoms with Crippen molar-refractivity contribution in [3.8, 4) is 28.8 Å². The van der Waals surface area contributed by atoms with Gasteiger partial charge in [0.1, 0.15) is 29.0 Å². The van der Waals surface area contributed by atoms with Crippen molar-refractivity contribution in [2.24, 2.45) is 0 Å². The maximum Gasteiger partial charge on any atom is 0.173 e. The zero-order valence-corrected chi connectivity index (χ0v) is 15.5. The van der Waals surface area contributed by atoms with E-state index < -0.39 is 11.6 Å². The molecule has 2 N–H and O–H groups in total. The summed E-state index contributed by atoms with van der Waals surface area (Å²) in [5.74, 6) is -0.0353. The van der Waals surface area contributed by atoms with Gasteiger partial charge in [-0.25, -0.2) is 18.3 Å². The summed E-state index contributed by atoms with van der Waals surface area (Å²) in [6, 6.07) is 10.4. The number of nitrogens with one attached hydrogen (secondary N) is 2. The average molecular weight is 395 g/mol. The largest absolute Gasteiger partial charge is 0.493 e. The molecule has 0 aliphatic rings. The Morgan fingerprint density at radius 3 is 2.59 bits per heavy atom. The van der Waals surface area contributed by atoms with Gasteiger partial charge in [-0.1, -0.05) is 0 Å². The predicted molar refractivity (Wildman–Crippen MR) is 102 cm³/mol. The van der Waals surface area contributed by atoms with Gasteiger partial charge in [-0.3, -0.25) is 5.10 Å². The molecule has 0 spiro atoms. The molecule has 0 amide bonds. The van der Waals surface area contributed by atoms with Gasteiger partial charge in [0.15, 0.2) is 23.0 Å². The van der Waals surface area contributed by atoms with Crippen LogP contribution in [0.1, 0.15) is 5.56 Å². The molecule has 0 unspecified atom stereocenters. The SMILES string of the molecule is COc1ccc(Nc2c(-c3ccc(F)cc3F)nc3c(C#N)c[nH]n23)cc1OC. The van der Waals surface area contributed by atoms with Gasteiger partial charge >= 0.3 is 0 Å². The van der Waals surface area contributed by atoms with E-state index in [-0.39, 0.29) is 16.8 Å². The van der Waals surface area contributed by atoms with E-state index in [1.807, 2.05) is 6.07 Å². The number of methoxy groups -OCH3 is 2. The second-order valence-electron chi connectivity index (χ2n) is 6.09. The molecule has 2 aromatic heterocycles. The summed E-state index contributed by atoms with van der Waals surface area (Å²) in [6.07, 6.45) is 1.49. The topological polar surface area (TPSA) is 87.4 Å². The number of H-pyrrole nitrogens is 1. The number of aromatic nitrogens is 3. The molecule has 9 heteroatoms. The molecule has 0 fully saturated rings. The Kier molecular flexibility index (Phi) is 4.52. The van der Waals surface area contributed by atoms with Crippen LogP contribution in [0, 0.1) is 23.0 Å². The van der Waals surface area contributed by atoms with E-state index in [4.69, 9.17) is 9.47 Å². The smallest absolute Gasteiger partial charge is 0.173 e. The Bertz CT molecular complexity index is 1260. The quantitative estimate of drug-likeness (QED) is 0.528. The molecule has 0 saturated heterocycles. The van der Waals surface area contributed by atoms with Crippen LogP contribution >= 0.6 is 0 Å². The molecular formula is C20H15F2N5O2. The number of hydrogen-bond acceptors (Lipinski definition) is 5. The monoisotopic (exact) mass is 395 g/mol. The highest BCUT2D eigenvalue weighted by Crippen LogP contribution is 2.36. The summed E-state index contributed by atoms with van der Waals surface area (Å²) in [5.41, 5.74) is 1.53. The van der Waals surface area contributed by atoms with Gasteiger partial charge in [-0.15, -0.1) is 0 Å². The number of halogens is 2. The van der Waals surface area contributed by atoms with Crippen LogP contribution < -0.4 is 14.8 Å². The van der Waals surface area contributed by atoms with E-state index >= 15 is 0 Å². The van der Waals surface area contributed by atoms with Gasteiger partial charge in [0.25, 0.3) is 0 Å². The van der Waals surface area contributed by atoms with Crippen molar-refractivity contribution in [3.05, 3.63) is 59.8 Å². The Balaban J connectivity index is 1.89. The van der Waals surface area contributed by atoms with Crippen LogP contribution in [0.2, 0.25) is 0 Å². The number of aromatic amines is 1. The van der Waals surface area contributed by atoms with E-state index in [1.165, 1.54) is 31.0 Å². The number of benzene rings is 2. The van der Waals surface area contributed by atoms with Crippen molar-refractivity contribution < 1.29 is 18.3 Å². The first-order chi connectivity index (χ1) is 14.0. The number of nitrogens with zero attached hydrogens (tertiary/aromatic N) is 3. The molecule has 0 aliphatic carbocycles. The number of nitriles is 1. The van der Waals surface area contributed by atoms with Crippen molar-refractivity contribution >= 4 is 17.2 Å². The van der Waals surface area contributed by atoms with E-state index in [1.54, 1.807) is 18.2 Å². The zero-order valence-electron chi connectivity index (χ0n) is 15.5. The minimum absolute atomic E-state index is 0.0929. The fourth-order valence-corrected chi connectivity index (χ4v) is 3.04. The minimum Gasteiger partial charge on any atom is -0.493 e. The van der Waals surface area contributed by atoms with E-state index in [0.717, 1.165) is 12.1 Å². The lowest BCUT2D eigenvalue weighted by Gasteiger charge is -2.12. The van der Waals surface area contributed by atoms with Crippen molar-refractivity contribution in [3.63, 3.8) is 0 Å². The predicted octanol–water partition coefficient (Wildman–Crippen LogP) is 4.24. The first kappa shape index (κ1) is 18.3. The number of anilines is 2. The van der Waals surface area contributed by atoms with Crippen LogP contribution in [0.5, 0.6) is 11.5 Å². The fraction of sp³-hybridized carbons (Fsp3) is 0.100. The van der Waals surface area contributed by atoms with Gasteiger partial charge in [0, 0.05) is 29.6 Å². The molecule has 0 radical (unpaired) electrons. The lowest BCUT2D eigenvalue weighted by molar-refractivity contribution is 0.355. The lowest BCUT2D eigenvalue weighted by Crippen LogP contribution is -1.99. The van der Waals surface area contributed by atoms with Gasteiger partial charge in [-0.2, -0.15) is 5.26 Å². The standard InChI is InChI=1S/C20H15F2N5O2/c1-28-16-6-4-13(8-17(16)29-2)25-20-18(14-5-3-12(21)7-15(14)22)26-19-11(9-23)10-24-27(19)20/h3-8,10,24-25H,1-2H3. The van der Waals surface area contributed by atoms with Gasteiger partial charge in [0.2, 0.25) is 0 Å². The van der Waals surface area contributed by atoms with Crippen molar-refractivity contribution in [1.29, 1.82) is 5.26 Å². The van der Waals surface area contributed by atoms with Crippen LogP contribution in [-0.4, -0.2) is 28.8 Å². The first-order valence-corrected chi connectivity index (χ1v) is 8.50. The normalized spacial score (nSPS) is 10.7.